The molecule has 1 aromatic rings. The summed E-state index contributed by atoms with van der Waals surface area (Å²) < 4.78 is 0. The Morgan fingerprint density at radius 2 is 2.07 bits per heavy atom. The normalized spacial score (nSPS) is 12.1. The molecule has 0 heterocycles. The van der Waals surface area contributed by atoms with Crippen molar-refractivity contribution in [1.29, 1.82) is 0 Å². The number of rotatable bonds is 5. The number of hydrogen-bond acceptors (Lipinski definition) is 2. The van der Waals surface area contributed by atoms with Gasteiger partial charge in [0.15, 0.2) is 0 Å². The van der Waals surface area contributed by atoms with Gasteiger partial charge in [-0.05, 0) is 18.2 Å². The Kier molecular flexibility index (Phi) is 5.26. The number of carbonyl (C=O) groups excluding carboxylic acids is 1. The van der Waals surface area contributed by atoms with E-state index >= 15 is 0 Å². The second-order valence-corrected chi connectivity index (χ2v) is 4.92. The van der Waals surface area contributed by atoms with Gasteiger partial charge < -0.3 is 5.32 Å². The van der Waals surface area contributed by atoms with Gasteiger partial charge >= 0.3 is 0 Å². The fraction of sp³-hybridized carbons (Fsp3) is 0.417. The second-order valence-electron chi connectivity index (χ2n) is 3.30. The lowest BCUT2D eigenvalue weighted by atomic mass is 10.2. The third kappa shape index (κ3) is 4.38. The van der Waals surface area contributed by atoms with Gasteiger partial charge in [0.2, 0.25) is 5.91 Å². The second kappa shape index (κ2) is 6.51. The van der Waals surface area contributed by atoms with E-state index in [4.69, 9.17) is 0 Å². The maximum atomic E-state index is 11.6. The highest BCUT2D eigenvalue weighted by atomic mass is 32.2. The summed E-state index contributed by atoms with van der Waals surface area (Å²) in [4.78, 5) is 11.6. The lowest BCUT2D eigenvalue weighted by Crippen LogP contribution is -2.30. The van der Waals surface area contributed by atoms with Crippen molar-refractivity contribution < 1.29 is 4.79 Å². The molecule has 1 amide bonds. The number of nitrogens with one attached hydrogen (secondary N) is 1. The van der Waals surface area contributed by atoms with Gasteiger partial charge in [0.05, 0.1) is 5.25 Å². The van der Waals surface area contributed by atoms with E-state index in [0.29, 0.717) is 6.54 Å². The fourth-order valence-corrected chi connectivity index (χ4v) is 1.99. The molecule has 0 aliphatic rings. The van der Waals surface area contributed by atoms with Gasteiger partial charge in [-0.15, -0.1) is 11.8 Å². The summed E-state index contributed by atoms with van der Waals surface area (Å²) >= 11 is 1.66. The molecular weight excluding hydrogens is 206 g/mol. The average molecular weight is 223 g/mol. The van der Waals surface area contributed by atoms with Gasteiger partial charge in [-0.25, -0.2) is 0 Å². The highest BCUT2D eigenvalue weighted by Crippen LogP contribution is 2.09. The van der Waals surface area contributed by atoms with Gasteiger partial charge in [0, 0.05) is 6.54 Å². The molecule has 3 heteroatoms. The maximum Gasteiger partial charge on any atom is 0.233 e. The summed E-state index contributed by atoms with van der Waals surface area (Å²) in [5, 5.41) is 2.96. The minimum atomic E-state index is 0.0405. The van der Waals surface area contributed by atoms with E-state index in [1.54, 1.807) is 11.8 Å². The Balaban J connectivity index is 2.34. The van der Waals surface area contributed by atoms with Gasteiger partial charge in [0.1, 0.15) is 0 Å². The fourth-order valence-electron chi connectivity index (χ4n) is 1.25. The Hall–Kier alpha value is -0.960. The third-order valence-electron chi connectivity index (χ3n) is 2.10. The average Bonchev–Trinajstić information content (AvgIpc) is 2.27. The number of benzene rings is 1. The molecule has 0 bridgehead atoms. The molecular formula is C12H17NOS. The van der Waals surface area contributed by atoms with Crippen LogP contribution >= 0.6 is 11.8 Å². The number of thioether (sulfide) groups is 1. The van der Waals surface area contributed by atoms with Crippen molar-refractivity contribution in [2.45, 2.75) is 25.6 Å². The van der Waals surface area contributed by atoms with Crippen LogP contribution in [0.1, 0.15) is 19.4 Å². The van der Waals surface area contributed by atoms with Crippen molar-refractivity contribution in [3.05, 3.63) is 35.9 Å². The number of amides is 1. The molecule has 2 nitrogen and oxygen atoms in total. The zero-order chi connectivity index (χ0) is 11.1. The van der Waals surface area contributed by atoms with E-state index in [1.165, 1.54) is 0 Å². The summed E-state index contributed by atoms with van der Waals surface area (Å²) in [6, 6.07) is 9.95. The molecule has 1 unspecified atom stereocenters. The van der Waals surface area contributed by atoms with Crippen molar-refractivity contribution in [3.63, 3.8) is 0 Å². The van der Waals surface area contributed by atoms with Crippen LogP contribution in [0, 0.1) is 0 Å². The first-order valence-corrected chi connectivity index (χ1v) is 6.22. The standard InChI is InChI=1S/C12H17NOS/c1-3-15-10(2)12(14)13-9-11-7-5-4-6-8-11/h4-8,10H,3,9H2,1-2H3,(H,13,14). The molecule has 0 saturated heterocycles. The molecule has 0 fully saturated rings. The predicted molar refractivity (Wildman–Crippen MR) is 65.9 cm³/mol. The van der Waals surface area contributed by atoms with Crippen LogP contribution in [-0.2, 0) is 11.3 Å². The Morgan fingerprint density at radius 1 is 1.40 bits per heavy atom. The smallest absolute Gasteiger partial charge is 0.233 e. The van der Waals surface area contributed by atoms with Crippen LogP contribution in [0.2, 0.25) is 0 Å². The van der Waals surface area contributed by atoms with Crippen molar-refractivity contribution in [3.8, 4) is 0 Å². The first-order valence-electron chi connectivity index (χ1n) is 5.17. The zero-order valence-corrected chi connectivity index (χ0v) is 10.0. The van der Waals surface area contributed by atoms with Gasteiger partial charge in [-0.1, -0.05) is 37.3 Å². The van der Waals surface area contributed by atoms with Crippen LogP contribution in [-0.4, -0.2) is 16.9 Å². The molecule has 0 aromatic heterocycles. The van der Waals surface area contributed by atoms with E-state index in [2.05, 4.69) is 12.2 Å². The minimum absolute atomic E-state index is 0.0405. The molecule has 0 aliphatic heterocycles. The highest BCUT2D eigenvalue weighted by Gasteiger charge is 2.10. The first kappa shape index (κ1) is 12.1. The summed E-state index contributed by atoms with van der Waals surface area (Å²) in [6.45, 7) is 4.62. The Bertz CT molecular complexity index is 300. The monoisotopic (exact) mass is 223 g/mol. The largest absolute Gasteiger partial charge is 0.351 e. The number of carbonyl (C=O) groups is 1. The lowest BCUT2D eigenvalue weighted by molar-refractivity contribution is -0.120. The molecule has 1 rings (SSSR count). The molecule has 15 heavy (non-hydrogen) atoms. The molecule has 0 spiro atoms. The Labute approximate surface area is 95.5 Å². The summed E-state index contributed by atoms with van der Waals surface area (Å²) in [7, 11) is 0. The van der Waals surface area contributed by atoms with Crippen LogP contribution in [0.15, 0.2) is 30.3 Å². The van der Waals surface area contributed by atoms with Gasteiger partial charge in [-0.2, -0.15) is 0 Å². The van der Waals surface area contributed by atoms with E-state index < -0.39 is 0 Å². The molecule has 0 radical (unpaired) electrons. The van der Waals surface area contributed by atoms with Crippen molar-refractivity contribution >= 4 is 17.7 Å². The quantitative estimate of drug-likeness (QED) is 0.830. The van der Waals surface area contributed by atoms with Crippen LogP contribution in [0.3, 0.4) is 0 Å². The Morgan fingerprint density at radius 3 is 2.67 bits per heavy atom. The van der Waals surface area contributed by atoms with E-state index in [-0.39, 0.29) is 11.2 Å². The maximum absolute atomic E-state index is 11.6. The molecule has 0 saturated carbocycles. The predicted octanol–water partition coefficient (Wildman–Crippen LogP) is 2.44. The molecule has 1 atom stereocenters. The van der Waals surface area contributed by atoms with Crippen LogP contribution in [0.4, 0.5) is 0 Å². The summed E-state index contributed by atoms with van der Waals surface area (Å²) in [5.74, 6) is 1.09. The lowest BCUT2D eigenvalue weighted by Gasteiger charge is -2.10. The molecule has 82 valence electrons. The van der Waals surface area contributed by atoms with E-state index in [1.807, 2.05) is 37.3 Å². The van der Waals surface area contributed by atoms with Crippen LogP contribution in [0.25, 0.3) is 0 Å². The summed E-state index contributed by atoms with van der Waals surface area (Å²) in [6.07, 6.45) is 0. The van der Waals surface area contributed by atoms with Gasteiger partial charge in [0.25, 0.3) is 0 Å². The summed E-state index contributed by atoms with van der Waals surface area (Å²) in [5.41, 5.74) is 1.14. The van der Waals surface area contributed by atoms with Crippen molar-refractivity contribution in [2.24, 2.45) is 0 Å². The van der Waals surface area contributed by atoms with Gasteiger partial charge in [-0.3, -0.25) is 4.79 Å². The third-order valence-corrected chi connectivity index (χ3v) is 3.14. The first-order chi connectivity index (χ1) is 7.24. The molecule has 1 N–H and O–H groups in total. The van der Waals surface area contributed by atoms with Crippen molar-refractivity contribution in [1.82, 2.24) is 5.32 Å². The minimum Gasteiger partial charge on any atom is -0.351 e. The topological polar surface area (TPSA) is 29.1 Å². The zero-order valence-electron chi connectivity index (χ0n) is 9.19. The SMILES string of the molecule is CCSC(C)C(=O)NCc1ccccc1. The molecule has 1 aromatic carbocycles. The van der Waals surface area contributed by atoms with Crippen LogP contribution in [0.5, 0.6) is 0 Å². The molecule has 0 aliphatic carbocycles. The van der Waals surface area contributed by atoms with Crippen LogP contribution < -0.4 is 5.32 Å². The highest BCUT2D eigenvalue weighted by molar-refractivity contribution is 8.00. The van der Waals surface area contributed by atoms with Crippen molar-refractivity contribution in [2.75, 3.05) is 5.75 Å². The van der Waals surface area contributed by atoms with E-state index in [0.717, 1.165) is 11.3 Å². The van der Waals surface area contributed by atoms with E-state index in [9.17, 15) is 4.79 Å². The number of hydrogen-bond donors (Lipinski definition) is 1.